The predicted molar refractivity (Wildman–Crippen MR) is 96.1 cm³/mol. The van der Waals surface area contributed by atoms with Crippen molar-refractivity contribution >= 4 is 11.9 Å². The Kier molecular flexibility index (Phi) is 4.59. The molecule has 3 fully saturated rings. The molecule has 1 atom stereocenters. The molecule has 26 heavy (non-hydrogen) atoms. The van der Waals surface area contributed by atoms with Gasteiger partial charge in [0.2, 0.25) is 5.91 Å². The first kappa shape index (κ1) is 17.3. The molecule has 1 unspecified atom stereocenters. The van der Waals surface area contributed by atoms with Gasteiger partial charge in [0.25, 0.3) is 0 Å². The van der Waals surface area contributed by atoms with Crippen LogP contribution in [0.2, 0.25) is 0 Å². The van der Waals surface area contributed by atoms with E-state index < -0.39 is 5.41 Å². The number of halogens is 1. The lowest BCUT2D eigenvalue weighted by Crippen LogP contribution is -2.57. The fourth-order valence-corrected chi connectivity index (χ4v) is 4.86. The molecule has 1 N–H and O–H groups in total. The molecular formula is C20H26FN3O2. The summed E-state index contributed by atoms with van der Waals surface area (Å²) in [4.78, 5) is 29.1. The van der Waals surface area contributed by atoms with E-state index in [1.807, 2.05) is 15.9 Å². The van der Waals surface area contributed by atoms with Gasteiger partial charge in [0.15, 0.2) is 0 Å². The Morgan fingerprint density at radius 1 is 1.23 bits per heavy atom. The van der Waals surface area contributed by atoms with E-state index >= 15 is 0 Å². The van der Waals surface area contributed by atoms with Gasteiger partial charge in [0, 0.05) is 26.2 Å². The third-order valence-electron chi connectivity index (χ3n) is 6.22. The van der Waals surface area contributed by atoms with Crippen LogP contribution in [0.25, 0.3) is 0 Å². The van der Waals surface area contributed by atoms with Crippen LogP contribution in [0.3, 0.4) is 0 Å². The molecule has 2 aliphatic heterocycles. The molecule has 0 bridgehead atoms. The zero-order chi connectivity index (χ0) is 18.1. The largest absolute Gasteiger partial charge is 0.338 e. The number of carbonyl (C=O) groups excluding carboxylic acids is 2. The van der Waals surface area contributed by atoms with E-state index in [1.165, 1.54) is 6.07 Å². The van der Waals surface area contributed by atoms with Crippen LogP contribution in [0, 0.1) is 11.2 Å². The van der Waals surface area contributed by atoms with Crippen LogP contribution in [-0.2, 0) is 11.2 Å². The van der Waals surface area contributed by atoms with Crippen LogP contribution in [0.1, 0.15) is 37.7 Å². The first-order valence-corrected chi connectivity index (χ1v) is 9.66. The van der Waals surface area contributed by atoms with Crippen molar-refractivity contribution in [2.24, 2.45) is 5.41 Å². The highest BCUT2D eigenvalue weighted by atomic mass is 19.1. The summed E-state index contributed by atoms with van der Waals surface area (Å²) in [6.07, 6.45) is 5.59. The molecule has 1 aliphatic carbocycles. The zero-order valence-corrected chi connectivity index (χ0v) is 15.0. The first-order valence-electron chi connectivity index (χ1n) is 9.66. The Labute approximate surface area is 153 Å². The van der Waals surface area contributed by atoms with Crippen molar-refractivity contribution in [3.05, 3.63) is 35.6 Å². The standard InChI is InChI=1S/C20H26FN3O2/c21-16-6-4-5-15(11-16)12-20(7-2-1-3-8-20)18(25)23-9-10-24-17(14-23)13-22-19(24)26/h4-6,11,17H,1-3,7-10,12-14H2,(H,22,26). The number of benzene rings is 1. The average Bonchev–Trinajstić information content (AvgIpc) is 3.02. The molecule has 1 aromatic carbocycles. The van der Waals surface area contributed by atoms with E-state index in [9.17, 15) is 14.0 Å². The summed E-state index contributed by atoms with van der Waals surface area (Å²) < 4.78 is 13.6. The van der Waals surface area contributed by atoms with Crippen molar-refractivity contribution in [3.8, 4) is 0 Å². The molecule has 3 amide bonds. The van der Waals surface area contributed by atoms with Gasteiger partial charge >= 0.3 is 6.03 Å². The zero-order valence-electron chi connectivity index (χ0n) is 15.0. The van der Waals surface area contributed by atoms with E-state index in [4.69, 9.17) is 0 Å². The average molecular weight is 359 g/mol. The van der Waals surface area contributed by atoms with Crippen molar-refractivity contribution in [2.75, 3.05) is 26.2 Å². The fourth-order valence-electron chi connectivity index (χ4n) is 4.86. The summed E-state index contributed by atoms with van der Waals surface area (Å²) >= 11 is 0. The van der Waals surface area contributed by atoms with E-state index in [0.717, 1.165) is 37.7 Å². The number of hydrogen-bond donors (Lipinski definition) is 1. The van der Waals surface area contributed by atoms with E-state index in [1.54, 1.807) is 12.1 Å². The minimum absolute atomic E-state index is 0.0192. The molecule has 0 aromatic heterocycles. The van der Waals surface area contributed by atoms with Gasteiger partial charge in [0.1, 0.15) is 5.82 Å². The van der Waals surface area contributed by atoms with Gasteiger partial charge < -0.3 is 15.1 Å². The molecule has 6 heteroatoms. The van der Waals surface area contributed by atoms with Crippen LogP contribution < -0.4 is 5.32 Å². The Balaban J connectivity index is 1.54. The number of nitrogens with one attached hydrogen (secondary N) is 1. The van der Waals surface area contributed by atoms with Gasteiger partial charge in [-0.3, -0.25) is 4.79 Å². The highest BCUT2D eigenvalue weighted by Crippen LogP contribution is 2.41. The third kappa shape index (κ3) is 3.17. The van der Waals surface area contributed by atoms with Gasteiger partial charge in [-0.1, -0.05) is 31.4 Å². The summed E-state index contributed by atoms with van der Waals surface area (Å²) in [5.41, 5.74) is 0.473. The van der Waals surface area contributed by atoms with Crippen LogP contribution in [-0.4, -0.2) is 54.0 Å². The van der Waals surface area contributed by atoms with E-state index in [0.29, 0.717) is 32.6 Å². The third-order valence-corrected chi connectivity index (χ3v) is 6.22. The fraction of sp³-hybridized carbons (Fsp3) is 0.600. The minimum atomic E-state index is -0.426. The van der Waals surface area contributed by atoms with Crippen LogP contribution >= 0.6 is 0 Å². The molecule has 2 saturated heterocycles. The summed E-state index contributed by atoms with van der Waals surface area (Å²) in [6, 6.07) is 6.71. The molecule has 5 nitrogen and oxygen atoms in total. The maximum Gasteiger partial charge on any atom is 0.317 e. The lowest BCUT2D eigenvalue weighted by molar-refractivity contribution is -0.146. The van der Waals surface area contributed by atoms with Gasteiger partial charge in [-0.05, 0) is 37.0 Å². The van der Waals surface area contributed by atoms with Crippen molar-refractivity contribution < 1.29 is 14.0 Å². The number of rotatable bonds is 3. The second-order valence-corrected chi connectivity index (χ2v) is 7.93. The lowest BCUT2D eigenvalue weighted by atomic mass is 9.69. The van der Waals surface area contributed by atoms with E-state index in [2.05, 4.69) is 5.32 Å². The number of nitrogens with zero attached hydrogens (tertiary/aromatic N) is 2. The molecule has 1 aromatic rings. The second-order valence-electron chi connectivity index (χ2n) is 7.93. The quantitative estimate of drug-likeness (QED) is 0.902. The summed E-state index contributed by atoms with van der Waals surface area (Å²) in [6.45, 7) is 2.40. The molecule has 2 heterocycles. The molecule has 0 spiro atoms. The summed E-state index contributed by atoms with van der Waals surface area (Å²) in [5.74, 6) is -0.0504. The van der Waals surface area contributed by atoms with Crippen LogP contribution in [0.5, 0.6) is 0 Å². The Hall–Kier alpha value is -2.11. The number of amides is 3. The van der Waals surface area contributed by atoms with Crippen molar-refractivity contribution in [2.45, 2.75) is 44.6 Å². The summed E-state index contributed by atoms with van der Waals surface area (Å²) in [5, 5.41) is 2.86. The van der Waals surface area contributed by atoms with Gasteiger partial charge in [-0.25, -0.2) is 9.18 Å². The van der Waals surface area contributed by atoms with Crippen LogP contribution in [0.15, 0.2) is 24.3 Å². The minimum Gasteiger partial charge on any atom is -0.338 e. The first-order chi connectivity index (χ1) is 12.6. The molecule has 140 valence electrons. The Bertz CT molecular complexity index is 702. The van der Waals surface area contributed by atoms with Gasteiger partial charge in [-0.15, -0.1) is 0 Å². The number of piperazine rings is 1. The van der Waals surface area contributed by atoms with Crippen molar-refractivity contribution in [3.63, 3.8) is 0 Å². The van der Waals surface area contributed by atoms with Crippen LogP contribution in [0.4, 0.5) is 9.18 Å². The number of urea groups is 1. The van der Waals surface area contributed by atoms with Crippen molar-refractivity contribution in [1.82, 2.24) is 15.1 Å². The molecule has 3 aliphatic rings. The second kappa shape index (κ2) is 6.89. The Morgan fingerprint density at radius 3 is 2.81 bits per heavy atom. The normalized spacial score (nSPS) is 25.0. The molecular weight excluding hydrogens is 333 g/mol. The molecule has 0 radical (unpaired) electrons. The van der Waals surface area contributed by atoms with Crippen molar-refractivity contribution in [1.29, 1.82) is 0 Å². The molecule has 1 saturated carbocycles. The highest BCUT2D eigenvalue weighted by Gasteiger charge is 2.45. The molecule has 4 rings (SSSR count). The number of carbonyl (C=O) groups is 2. The summed E-state index contributed by atoms with van der Waals surface area (Å²) in [7, 11) is 0. The maximum atomic E-state index is 13.6. The van der Waals surface area contributed by atoms with Gasteiger partial charge in [0.05, 0.1) is 11.5 Å². The number of hydrogen-bond acceptors (Lipinski definition) is 2. The topological polar surface area (TPSA) is 52.7 Å². The lowest BCUT2D eigenvalue weighted by Gasteiger charge is -2.44. The SMILES string of the molecule is O=C1NCC2CN(C(=O)C3(Cc4cccc(F)c4)CCCCC3)CCN12. The number of fused-ring (bicyclic) bond motifs is 1. The Morgan fingerprint density at radius 2 is 2.04 bits per heavy atom. The predicted octanol–water partition coefficient (Wildman–Crippen LogP) is 2.55. The van der Waals surface area contributed by atoms with Gasteiger partial charge in [-0.2, -0.15) is 0 Å². The monoisotopic (exact) mass is 359 g/mol. The smallest absolute Gasteiger partial charge is 0.317 e. The highest BCUT2D eigenvalue weighted by molar-refractivity contribution is 5.84. The van der Waals surface area contributed by atoms with E-state index in [-0.39, 0.29) is 23.8 Å². The maximum absolute atomic E-state index is 13.6.